The molecule has 1 amide bonds. The Labute approximate surface area is 122 Å². The highest BCUT2D eigenvalue weighted by Crippen LogP contribution is 2.26. The van der Waals surface area contributed by atoms with Crippen LogP contribution in [0.2, 0.25) is 0 Å². The van der Waals surface area contributed by atoms with Gasteiger partial charge in [0.2, 0.25) is 0 Å². The number of nitrogens with one attached hydrogen (secondary N) is 1. The van der Waals surface area contributed by atoms with Gasteiger partial charge in [-0.05, 0) is 46.6 Å². The molecule has 0 bridgehead atoms. The second-order valence-corrected chi connectivity index (χ2v) is 5.04. The fraction of sp³-hybridized carbons (Fsp3) is 0.0714. The summed E-state index contributed by atoms with van der Waals surface area (Å²) in [5, 5.41) is 2.58. The Hall–Kier alpha value is -1.95. The van der Waals surface area contributed by atoms with Crippen molar-refractivity contribution in [2.45, 2.75) is 6.92 Å². The maximum absolute atomic E-state index is 13.3. The van der Waals surface area contributed by atoms with Crippen molar-refractivity contribution in [3.8, 4) is 0 Å². The average Bonchev–Trinajstić information content (AvgIpc) is 2.40. The van der Waals surface area contributed by atoms with E-state index in [1.165, 1.54) is 0 Å². The maximum Gasteiger partial charge on any atom is 0.255 e. The van der Waals surface area contributed by atoms with E-state index in [0.717, 1.165) is 17.7 Å². The van der Waals surface area contributed by atoms with Gasteiger partial charge in [0.05, 0.1) is 5.69 Å². The molecule has 0 atom stereocenters. The highest BCUT2D eigenvalue weighted by molar-refractivity contribution is 9.10. The van der Waals surface area contributed by atoms with Crippen LogP contribution in [0.1, 0.15) is 15.9 Å². The number of carbonyl (C=O) groups is 1. The van der Waals surface area contributed by atoms with Crippen LogP contribution >= 0.6 is 15.9 Å². The lowest BCUT2D eigenvalue weighted by molar-refractivity contribution is 0.102. The fourth-order valence-electron chi connectivity index (χ4n) is 1.65. The summed E-state index contributed by atoms with van der Waals surface area (Å²) >= 11 is 3.34. The van der Waals surface area contributed by atoms with Crippen LogP contribution in [-0.4, -0.2) is 5.91 Å². The standard InChI is InChI=1S/C14H11BrF2N2O/c1-7-3-2-4-11(12(7)15)19-14(20)8-5-9(16)13(18)10(17)6-8/h2-6H,18H2,1H3,(H,19,20). The van der Waals surface area contributed by atoms with Crippen LogP contribution < -0.4 is 11.1 Å². The van der Waals surface area contributed by atoms with Crippen LogP contribution in [-0.2, 0) is 0 Å². The molecule has 0 radical (unpaired) electrons. The zero-order valence-corrected chi connectivity index (χ0v) is 12.1. The number of nitrogens with two attached hydrogens (primary N) is 1. The molecule has 0 aromatic heterocycles. The highest BCUT2D eigenvalue weighted by Gasteiger charge is 2.14. The molecular weight excluding hydrogens is 330 g/mol. The van der Waals surface area contributed by atoms with E-state index in [2.05, 4.69) is 21.2 Å². The number of rotatable bonds is 2. The van der Waals surface area contributed by atoms with Crippen molar-refractivity contribution in [2.75, 3.05) is 11.1 Å². The van der Waals surface area contributed by atoms with Crippen molar-refractivity contribution in [1.29, 1.82) is 0 Å². The number of benzene rings is 2. The minimum atomic E-state index is -0.960. The molecule has 3 nitrogen and oxygen atoms in total. The summed E-state index contributed by atoms with van der Waals surface area (Å²) in [5.74, 6) is -2.54. The topological polar surface area (TPSA) is 55.1 Å². The molecule has 2 aromatic carbocycles. The first-order valence-electron chi connectivity index (χ1n) is 5.71. The van der Waals surface area contributed by atoms with Gasteiger partial charge in [0, 0.05) is 10.0 Å². The van der Waals surface area contributed by atoms with Crippen LogP contribution in [0.25, 0.3) is 0 Å². The minimum Gasteiger partial charge on any atom is -0.394 e. The summed E-state index contributed by atoms with van der Waals surface area (Å²) in [7, 11) is 0. The van der Waals surface area contributed by atoms with Gasteiger partial charge >= 0.3 is 0 Å². The molecule has 0 aliphatic rings. The van der Waals surface area contributed by atoms with Gasteiger partial charge in [-0.1, -0.05) is 12.1 Å². The largest absolute Gasteiger partial charge is 0.394 e. The van der Waals surface area contributed by atoms with Gasteiger partial charge < -0.3 is 11.1 Å². The van der Waals surface area contributed by atoms with Crippen molar-refractivity contribution in [3.05, 3.63) is 57.6 Å². The first-order valence-corrected chi connectivity index (χ1v) is 6.50. The highest BCUT2D eigenvalue weighted by atomic mass is 79.9. The zero-order chi connectivity index (χ0) is 14.9. The molecule has 0 heterocycles. The van der Waals surface area contributed by atoms with Crippen LogP contribution in [0, 0.1) is 18.6 Å². The van der Waals surface area contributed by atoms with Crippen molar-refractivity contribution in [1.82, 2.24) is 0 Å². The minimum absolute atomic E-state index is 0.136. The van der Waals surface area contributed by atoms with Gasteiger partial charge in [-0.2, -0.15) is 0 Å². The van der Waals surface area contributed by atoms with Crippen molar-refractivity contribution in [3.63, 3.8) is 0 Å². The summed E-state index contributed by atoms with van der Waals surface area (Å²) in [4.78, 5) is 12.0. The van der Waals surface area contributed by atoms with Crippen molar-refractivity contribution in [2.24, 2.45) is 0 Å². The van der Waals surface area contributed by atoms with Gasteiger partial charge in [-0.25, -0.2) is 8.78 Å². The summed E-state index contributed by atoms with van der Waals surface area (Å²) in [6, 6.07) is 7.11. The molecule has 2 aromatic rings. The summed E-state index contributed by atoms with van der Waals surface area (Å²) < 4.78 is 27.4. The van der Waals surface area contributed by atoms with E-state index >= 15 is 0 Å². The predicted molar refractivity (Wildman–Crippen MR) is 77.6 cm³/mol. The molecule has 20 heavy (non-hydrogen) atoms. The van der Waals surface area contributed by atoms with Crippen molar-refractivity contribution < 1.29 is 13.6 Å². The number of halogens is 3. The lowest BCUT2D eigenvalue weighted by Gasteiger charge is -2.10. The molecule has 104 valence electrons. The van der Waals surface area contributed by atoms with Crippen molar-refractivity contribution >= 4 is 33.2 Å². The SMILES string of the molecule is Cc1cccc(NC(=O)c2cc(F)c(N)c(F)c2)c1Br. The molecule has 2 rings (SSSR count). The Bertz CT molecular complexity index is 666. The normalized spacial score (nSPS) is 10.4. The second-order valence-electron chi connectivity index (χ2n) is 4.24. The number of aryl methyl sites for hydroxylation is 1. The van der Waals surface area contributed by atoms with E-state index < -0.39 is 23.2 Å². The van der Waals surface area contributed by atoms with Crippen LogP contribution in [0.4, 0.5) is 20.2 Å². The average molecular weight is 341 g/mol. The second kappa shape index (κ2) is 5.58. The number of amides is 1. The Morgan fingerprint density at radius 3 is 2.45 bits per heavy atom. The summed E-state index contributed by atoms with van der Waals surface area (Å²) in [6.45, 7) is 1.86. The molecule has 0 unspecified atom stereocenters. The first kappa shape index (κ1) is 14.5. The van der Waals surface area contributed by atoms with E-state index in [0.29, 0.717) is 10.2 Å². The van der Waals surface area contributed by atoms with Gasteiger partial charge in [-0.3, -0.25) is 4.79 Å². The maximum atomic E-state index is 13.3. The summed E-state index contributed by atoms with van der Waals surface area (Å²) in [5.41, 5.74) is 5.87. The first-order chi connectivity index (χ1) is 9.40. The molecule has 0 spiro atoms. The molecule has 0 aliphatic carbocycles. The quantitative estimate of drug-likeness (QED) is 0.815. The third-order valence-corrected chi connectivity index (χ3v) is 3.83. The molecular formula is C14H11BrF2N2O. The van der Waals surface area contributed by atoms with Gasteiger partial charge in [0.1, 0.15) is 17.3 Å². The monoisotopic (exact) mass is 340 g/mol. The molecule has 6 heteroatoms. The lowest BCUT2D eigenvalue weighted by Crippen LogP contribution is -2.14. The fourth-order valence-corrected chi connectivity index (χ4v) is 2.02. The Morgan fingerprint density at radius 1 is 1.25 bits per heavy atom. The van der Waals surface area contributed by atoms with Crippen LogP contribution in [0.15, 0.2) is 34.8 Å². The number of nitrogen functional groups attached to an aromatic ring is 1. The Balaban J connectivity index is 2.31. The van der Waals surface area contributed by atoms with E-state index in [4.69, 9.17) is 5.73 Å². The molecule has 0 saturated carbocycles. The van der Waals surface area contributed by atoms with E-state index in [9.17, 15) is 13.6 Å². The van der Waals surface area contributed by atoms with Gasteiger partial charge in [-0.15, -0.1) is 0 Å². The molecule has 0 fully saturated rings. The van der Waals surface area contributed by atoms with Gasteiger partial charge in [0.15, 0.2) is 0 Å². The smallest absolute Gasteiger partial charge is 0.255 e. The van der Waals surface area contributed by atoms with E-state index in [-0.39, 0.29) is 5.56 Å². The molecule has 3 N–H and O–H groups in total. The number of anilines is 2. The summed E-state index contributed by atoms with van der Waals surface area (Å²) in [6.07, 6.45) is 0. The Kier molecular flexibility index (Phi) is 4.04. The Morgan fingerprint density at radius 2 is 1.85 bits per heavy atom. The number of carbonyl (C=O) groups excluding carboxylic acids is 1. The van der Waals surface area contributed by atoms with Gasteiger partial charge in [0.25, 0.3) is 5.91 Å². The number of hydrogen-bond acceptors (Lipinski definition) is 2. The van der Waals surface area contributed by atoms with Crippen LogP contribution in [0.5, 0.6) is 0 Å². The molecule has 0 saturated heterocycles. The predicted octanol–water partition coefficient (Wildman–Crippen LogP) is 3.87. The van der Waals surface area contributed by atoms with E-state index in [1.54, 1.807) is 12.1 Å². The number of hydrogen-bond donors (Lipinski definition) is 2. The lowest BCUT2D eigenvalue weighted by atomic mass is 10.1. The third-order valence-electron chi connectivity index (χ3n) is 2.78. The zero-order valence-electron chi connectivity index (χ0n) is 10.5. The van der Waals surface area contributed by atoms with Crippen LogP contribution in [0.3, 0.4) is 0 Å². The third kappa shape index (κ3) is 2.80. The van der Waals surface area contributed by atoms with E-state index in [1.807, 2.05) is 13.0 Å². The molecule has 0 aliphatic heterocycles.